The number of carbonyl (C=O) groups excluding carboxylic acids is 4. The third kappa shape index (κ3) is 2.41. The Balaban J connectivity index is 0.000000200. The zero-order valence-electron chi connectivity index (χ0n) is 12.5. The van der Waals surface area contributed by atoms with Crippen LogP contribution in [0.25, 0.3) is 0 Å². The van der Waals surface area contributed by atoms with Gasteiger partial charge in [-0.05, 0) is 27.7 Å². The highest BCUT2D eigenvalue weighted by atomic mass is 16.2. The van der Waals surface area contributed by atoms with E-state index in [4.69, 9.17) is 0 Å². The van der Waals surface area contributed by atoms with E-state index in [1.54, 1.807) is 27.7 Å². The topological polar surface area (TPSA) is 74.8 Å². The fourth-order valence-electron chi connectivity index (χ4n) is 1.83. The van der Waals surface area contributed by atoms with Crippen molar-refractivity contribution in [3.63, 3.8) is 0 Å². The van der Waals surface area contributed by atoms with E-state index in [0.717, 1.165) is 9.80 Å². The van der Waals surface area contributed by atoms with Gasteiger partial charge in [0.15, 0.2) is 0 Å². The van der Waals surface area contributed by atoms with Crippen molar-refractivity contribution in [3.05, 3.63) is 22.3 Å². The fourth-order valence-corrected chi connectivity index (χ4v) is 1.83. The molecule has 0 aromatic rings. The second-order valence-electron chi connectivity index (χ2n) is 4.84. The molecular formula is C14H18N2O4. The largest absolute Gasteiger partial charge is 0.278 e. The summed E-state index contributed by atoms with van der Waals surface area (Å²) in [6.07, 6.45) is 0. The maximum Gasteiger partial charge on any atom is 0.256 e. The van der Waals surface area contributed by atoms with Gasteiger partial charge in [0.05, 0.1) is 0 Å². The van der Waals surface area contributed by atoms with Crippen LogP contribution in [-0.4, -0.2) is 47.5 Å². The standard InChI is InChI=1S/2C7H9NO2/c2*1-4-5(2)7(10)8(3)6(4)9/h2*1-3H3. The molecule has 4 amide bonds. The molecule has 0 aromatic heterocycles. The predicted octanol–water partition coefficient (Wildman–Crippen LogP) is 0.643. The zero-order chi connectivity index (χ0) is 15.8. The molecule has 6 nitrogen and oxygen atoms in total. The molecule has 0 saturated carbocycles. The first-order chi connectivity index (χ1) is 9.11. The third-order valence-corrected chi connectivity index (χ3v) is 3.63. The molecule has 6 heteroatoms. The van der Waals surface area contributed by atoms with Gasteiger partial charge in [-0.2, -0.15) is 0 Å². The highest BCUT2D eigenvalue weighted by Crippen LogP contribution is 2.17. The molecule has 20 heavy (non-hydrogen) atoms. The molecule has 2 aliphatic heterocycles. The van der Waals surface area contributed by atoms with Gasteiger partial charge in [0.1, 0.15) is 0 Å². The first-order valence-corrected chi connectivity index (χ1v) is 6.11. The third-order valence-electron chi connectivity index (χ3n) is 3.63. The Hall–Kier alpha value is -2.24. The molecule has 0 bridgehead atoms. The summed E-state index contributed by atoms with van der Waals surface area (Å²) in [6.45, 7) is 6.66. The molecule has 0 radical (unpaired) electrons. The summed E-state index contributed by atoms with van der Waals surface area (Å²) in [4.78, 5) is 46.2. The van der Waals surface area contributed by atoms with Crippen molar-refractivity contribution < 1.29 is 19.2 Å². The van der Waals surface area contributed by atoms with Crippen LogP contribution in [0.2, 0.25) is 0 Å². The molecule has 0 aliphatic carbocycles. The molecule has 0 spiro atoms. The summed E-state index contributed by atoms with van der Waals surface area (Å²) >= 11 is 0. The highest BCUT2D eigenvalue weighted by molar-refractivity contribution is 6.19. The number of hydrogen-bond acceptors (Lipinski definition) is 4. The van der Waals surface area contributed by atoms with Gasteiger partial charge in [-0.15, -0.1) is 0 Å². The first-order valence-electron chi connectivity index (χ1n) is 6.11. The summed E-state index contributed by atoms with van der Waals surface area (Å²) in [7, 11) is 2.98. The lowest BCUT2D eigenvalue weighted by atomic mass is 10.2. The second kappa shape index (κ2) is 5.40. The number of carbonyl (C=O) groups is 4. The SMILES string of the molecule is CC1=C(C)C(=O)N(C)C1=O.CC1=C(C)C(=O)N(C)C1=O. The lowest BCUT2D eigenvalue weighted by Crippen LogP contribution is -2.26. The summed E-state index contributed by atoms with van der Waals surface area (Å²) in [5, 5.41) is 0. The van der Waals surface area contributed by atoms with Gasteiger partial charge < -0.3 is 0 Å². The minimum atomic E-state index is -0.178. The van der Waals surface area contributed by atoms with E-state index in [-0.39, 0.29) is 23.6 Å². The van der Waals surface area contributed by atoms with Crippen LogP contribution in [0.4, 0.5) is 0 Å². The van der Waals surface area contributed by atoms with Crippen LogP contribution in [0.5, 0.6) is 0 Å². The lowest BCUT2D eigenvalue weighted by Gasteiger charge is -2.04. The Morgan fingerprint density at radius 1 is 0.500 bits per heavy atom. The number of likely N-dealkylation sites (N-methyl/N-ethyl adjacent to an activating group) is 2. The van der Waals surface area contributed by atoms with Gasteiger partial charge in [0, 0.05) is 36.4 Å². The van der Waals surface area contributed by atoms with Crippen molar-refractivity contribution in [2.75, 3.05) is 14.1 Å². The molecule has 2 rings (SSSR count). The number of amides is 4. The van der Waals surface area contributed by atoms with E-state index >= 15 is 0 Å². The van der Waals surface area contributed by atoms with Crippen molar-refractivity contribution in [2.24, 2.45) is 0 Å². The molecule has 0 aromatic carbocycles. The second-order valence-corrected chi connectivity index (χ2v) is 4.84. The molecule has 108 valence electrons. The molecule has 2 heterocycles. The van der Waals surface area contributed by atoms with E-state index in [2.05, 4.69) is 0 Å². The van der Waals surface area contributed by atoms with Crippen LogP contribution in [0.15, 0.2) is 22.3 Å². The molecule has 0 saturated heterocycles. The highest BCUT2D eigenvalue weighted by Gasteiger charge is 2.30. The van der Waals surface area contributed by atoms with E-state index in [1.807, 2.05) is 0 Å². The first kappa shape index (κ1) is 15.8. The number of nitrogens with zero attached hydrogens (tertiary/aromatic N) is 2. The Kier molecular flexibility index (Phi) is 4.27. The quantitative estimate of drug-likeness (QED) is 0.609. The molecule has 0 N–H and O–H groups in total. The van der Waals surface area contributed by atoms with E-state index in [0.29, 0.717) is 22.3 Å². The summed E-state index contributed by atoms with van der Waals surface area (Å²) in [6, 6.07) is 0. The lowest BCUT2D eigenvalue weighted by molar-refractivity contribution is -0.137. The van der Waals surface area contributed by atoms with Crippen molar-refractivity contribution in [2.45, 2.75) is 27.7 Å². The Morgan fingerprint density at radius 3 is 0.700 bits per heavy atom. The molecule has 0 atom stereocenters. The van der Waals surface area contributed by atoms with E-state index < -0.39 is 0 Å². The average Bonchev–Trinajstić information content (AvgIpc) is 2.71. The van der Waals surface area contributed by atoms with Gasteiger partial charge in [-0.1, -0.05) is 0 Å². The minimum Gasteiger partial charge on any atom is -0.278 e. The van der Waals surface area contributed by atoms with Crippen molar-refractivity contribution in [3.8, 4) is 0 Å². The average molecular weight is 278 g/mol. The van der Waals surface area contributed by atoms with Crippen molar-refractivity contribution in [1.82, 2.24) is 9.80 Å². The Bertz CT molecular complexity index is 484. The van der Waals surface area contributed by atoms with Crippen LogP contribution >= 0.6 is 0 Å². The molecule has 0 fully saturated rings. The molecular weight excluding hydrogens is 260 g/mol. The Morgan fingerprint density at radius 2 is 0.650 bits per heavy atom. The van der Waals surface area contributed by atoms with Crippen LogP contribution < -0.4 is 0 Å². The summed E-state index contributed by atoms with van der Waals surface area (Å²) in [5.41, 5.74) is 2.25. The van der Waals surface area contributed by atoms with Gasteiger partial charge >= 0.3 is 0 Å². The van der Waals surface area contributed by atoms with Crippen molar-refractivity contribution >= 4 is 23.6 Å². The van der Waals surface area contributed by atoms with Crippen LogP contribution in [-0.2, 0) is 19.2 Å². The van der Waals surface area contributed by atoms with Gasteiger partial charge in [0.2, 0.25) is 0 Å². The molecule has 2 aliphatic rings. The Labute approximate surface area is 117 Å². The monoisotopic (exact) mass is 278 g/mol. The summed E-state index contributed by atoms with van der Waals surface area (Å²) in [5.74, 6) is -0.713. The predicted molar refractivity (Wildman–Crippen MR) is 72.3 cm³/mol. The van der Waals surface area contributed by atoms with E-state index in [9.17, 15) is 19.2 Å². The van der Waals surface area contributed by atoms with Crippen LogP contribution in [0.1, 0.15) is 27.7 Å². The molecule has 0 unspecified atom stereocenters. The number of rotatable bonds is 0. The van der Waals surface area contributed by atoms with Crippen molar-refractivity contribution in [1.29, 1.82) is 0 Å². The van der Waals surface area contributed by atoms with Crippen LogP contribution in [0.3, 0.4) is 0 Å². The number of imide groups is 2. The van der Waals surface area contributed by atoms with E-state index in [1.165, 1.54) is 14.1 Å². The van der Waals surface area contributed by atoms with Gasteiger partial charge in [-0.25, -0.2) is 0 Å². The smallest absolute Gasteiger partial charge is 0.256 e. The minimum absolute atomic E-state index is 0.178. The zero-order valence-corrected chi connectivity index (χ0v) is 12.5. The maximum atomic E-state index is 11.0. The number of hydrogen-bond donors (Lipinski definition) is 0. The van der Waals surface area contributed by atoms with Gasteiger partial charge in [-0.3, -0.25) is 29.0 Å². The maximum absolute atomic E-state index is 11.0. The fraction of sp³-hybridized carbons (Fsp3) is 0.429. The normalized spacial score (nSPS) is 19.3. The van der Waals surface area contributed by atoms with Gasteiger partial charge in [0.25, 0.3) is 23.6 Å². The van der Waals surface area contributed by atoms with Crippen LogP contribution in [0, 0.1) is 0 Å². The summed E-state index contributed by atoms with van der Waals surface area (Å²) < 4.78 is 0.